The molecule has 1 aromatic rings. The summed E-state index contributed by atoms with van der Waals surface area (Å²) in [5.74, 6) is -1.80. The molecule has 3 nitrogen and oxygen atoms in total. The van der Waals surface area contributed by atoms with Crippen molar-refractivity contribution in [1.29, 1.82) is 0 Å². The van der Waals surface area contributed by atoms with Crippen molar-refractivity contribution in [2.75, 3.05) is 0 Å². The molecule has 0 fully saturated rings. The highest BCUT2D eigenvalue weighted by Gasteiger charge is 2.20. The molecule has 0 aromatic heterocycles. The van der Waals surface area contributed by atoms with Gasteiger partial charge in [0, 0.05) is 11.6 Å². The van der Waals surface area contributed by atoms with E-state index in [2.05, 4.69) is 0 Å². The van der Waals surface area contributed by atoms with Gasteiger partial charge in [-0.05, 0) is 18.6 Å². The standard InChI is InChI=1S/C11H13F2NO2/c1-6(12)11-7(3-2-4-8(11)13)9(14)5-10(15)16/h2-4,6,9H,5,14H2,1H3,(H,15,16). The number of benzene rings is 1. The summed E-state index contributed by atoms with van der Waals surface area (Å²) in [6.07, 6.45) is -1.88. The van der Waals surface area contributed by atoms with Crippen LogP contribution >= 0.6 is 0 Å². The van der Waals surface area contributed by atoms with Crippen molar-refractivity contribution in [3.63, 3.8) is 0 Å². The normalized spacial score (nSPS) is 14.5. The fraction of sp³-hybridized carbons (Fsp3) is 0.364. The average molecular weight is 229 g/mol. The summed E-state index contributed by atoms with van der Waals surface area (Å²) in [5.41, 5.74) is 5.64. The van der Waals surface area contributed by atoms with Gasteiger partial charge in [0.05, 0.1) is 6.42 Å². The Hall–Kier alpha value is -1.49. The topological polar surface area (TPSA) is 63.3 Å². The van der Waals surface area contributed by atoms with Crippen LogP contribution in [0, 0.1) is 5.82 Å². The third-order valence-corrected chi connectivity index (χ3v) is 2.28. The second-order valence-electron chi connectivity index (χ2n) is 3.56. The minimum absolute atomic E-state index is 0.156. The van der Waals surface area contributed by atoms with E-state index < -0.39 is 24.0 Å². The minimum atomic E-state index is -1.52. The zero-order chi connectivity index (χ0) is 12.3. The predicted octanol–water partition coefficient (Wildman–Crippen LogP) is 2.33. The number of hydrogen-bond donors (Lipinski definition) is 2. The lowest BCUT2D eigenvalue weighted by molar-refractivity contribution is -0.137. The van der Waals surface area contributed by atoms with Crippen molar-refractivity contribution in [2.45, 2.75) is 25.6 Å². The van der Waals surface area contributed by atoms with E-state index in [0.717, 1.165) is 6.07 Å². The van der Waals surface area contributed by atoms with Crippen LogP contribution in [-0.4, -0.2) is 11.1 Å². The molecule has 5 heteroatoms. The van der Waals surface area contributed by atoms with E-state index in [1.165, 1.54) is 19.1 Å². The van der Waals surface area contributed by atoms with Crippen LogP contribution in [0.3, 0.4) is 0 Å². The molecule has 0 saturated heterocycles. The first kappa shape index (κ1) is 12.6. The third-order valence-electron chi connectivity index (χ3n) is 2.28. The second-order valence-corrected chi connectivity index (χ2v) is 3.56. The van der Waals surface area contributed by atoms with E-state index in [-0.39, 0.29) is 17.5 Å². The van der Waals surface area contributed by atoms with Gasteiger partial charge in [-0.15, -0.1) is 0 Å². The van der Waals surface area contributed by atoms with E-state index in [4.69, 9.17) is 10.8 Å². The van der Waals surface area contributed by atoms with Crippen molar-refractivity contribution in [3.05, 3.63) is 35.1 Å². The maximum atomic E-state index is 13.4. The summed E-state index contributed by atoms with van der Waals surface area (Å²) in [4.78, 5) is 10.5. The van der Waals surface area contributed by atoms with E-state index in [1.54, 1.807) is 0 Å². The lowest BCUT2D eigenvalue weighted by atomic mass is 9.96. The highest BCUT2D eigenvalue weighted by atomic mass is 19.1. The van der Waals surface area contributed by atoms with Crippen LogP contribution in [0.1, 0.15) is 36.7 Å². The summed E-state index contributed by atoms with van der Waals surface area (Å²) in [7, 11) is 0. The molecule has 2 atom stereocenters. The van der Waals surface area contributed by atoms with Gasteiger partial charge in [-0.3, -0.25) is 4.79 Å². The molecule has 0 amide bonds. The molecular formula is C11H13F2NO2. The van der Waals surface area contributed by atoms with Gasteiger partial charge in [-0.1, -0.05) is 12.1 Å². The van der Waals surface area contributed by atoms with Crippen LogP contribution < -0.4 is 5.73 Å². The SMILES string of the molecule is CC(F)c1c(F)cccc1C(N)CC(=O)O. The summed E-state index contributed by atoms with van der Waals surface area (Å²) in [6.45, 7) is 1.19. The van der Waals surface area contributed by atoms with Gasteiger partial charge in [0.1, 0.15) is 12.0 Å². The maximum Gasteiger partial charge on any atom is 0.305 e. The predicted molar refractivity (Wildman–Crippen MR) is 55.1 cm³/mol. The Morgan fingerprint density at radius 1 is 1.56 bits per heavy atom. The largest absolute Gasteiger partial charge is 0.481 e. The fourth-order valence-corrected chi connectivity index (χ4v) is 1.59. The van der Waals surface area contributed by atoms with Crippen LogP contribution in [0.25, 0.3) is 0 Å². The molecule has 1 rings (SSSR count). The zero-order valence-corrected chi connectivity index (χ0v) is 8.78. The average Bonchev–Trinajstić information content (AvgIpc) is 2.15. The maximum absolute atomic E-state index is 13.4. The molecule has 0 aliphatic carbocycles. The first-order chi connectivity index (χ1) is 7.43. The highest BCUT2D eigenvalue weighted by molar-refractivity contribution is 5.68. The van der Waals surface area contributed by atoms with Gasteiger partial charge >= 0.3 is 5.97 Å². The zero-order valence-electron chi connectivity index (χ0n) is 8.78. The molecule has 0 heterocycles. The second kappa shape index (κ2) is 5.03. The van der Waals surface area contributed by atoms with Crippen molar-refractivity contribution < 1.29 is 18.7 Å². The minimum Gasteiger partial charge on any atom is -0.481 e. The number of rotatable bonds is 4. The molecule has 3 N–H and O–H groups in total. The molecule has 2 unspecified atom stereocenters. The lowest BCUT2D eigenvalue weighted by Gasteiger charge is -2.16. The van der Waals surface area contributed by atoms with Crippen LogP contribution in [0.15, 0.2) is 18.2 Å². The highest BCUT2D eigenvalue weighted by Crippen LogP contribution is 2.28. The number of carboxylic acid groups (broad SMARTS) is 1. The third kappa shape index (κ3) is 2.76. The lowest BCUT2D eigenvalue weighted by Crippen LogP contribution is -2.17. The molecule has 0 aliphatic rings. The molecule has 16 heavy (non-hydrogen) atoms. The van der Waals surface area contributed by atoms with Crippen molar-refractivity contribution in [2.24, 2.45) is 5.73 Å². The van der Waals surface area contributed by atoms with Gasteiger partial charge in [0.15, 0.2) is 0 Å². The molecule has 0 saturated carbocycles. The first-order valence-electron chi connectivity index (χ1n) is 4.83. The van der Waals surface area contributed by atoms with Gasteiger partial charge in [-0.2, -0.15) is 0 Å². The van der Waals surface area contributed by atoms with E-state index in [1.807, 2.05) is 0 Å². The van der Waals surface area contributed by atoms with Crippen LogP contribution in [0.2, 0.25) is 0 Å². The van der Waals surface area contributed by atoms with Crippen molar-refractivity contribution >= 4 is 5.97 Å². The Morgan fingerprint density at radius 2 is 2.19 bits per heavy atom. The molecule has 88 valence electrons. The van der Waals surface area contributed by atoms with Crippen LogP contribution in [0.4, 0.5) is 8.78 Å². The molecule has 0 bridgehead atoms. The number of hydrogen-bond acceptors (Lipinski definition) is 2. The van der Waals surface area contributed by atoms with Crippen molar-refractivity contribution in [3.8, 4) is 0 Å². The van der Waals surface area contributed by atoms with E-state index in [0.29, 0.717) is 0 Å². The number of alkyl halides is 1. The molecular weight excluding hydrogens is 216 g/mol. The Morgan fingerprint density at radius 3 is 2.69 bits per heavy atom. The smallest absolute Gasteiger partial charge is 0.305 e. The van der Waals surface area contributed by atoms with Crippen LogP contribution in [-0.2, 0) is 4.79 Å². The van der Waals surface area contributed by atoms with Gasteiger partial charge in [0.25, 0.3) is 0 Å². The Labute approximate surface area is 91.9 Å². The van der Waals surface area contributed by atoms with Gasteiger partial charge in [0.2, 0.25) is 0 Å². The first-order valence-corrected chi connectivity index (χ1v) is 4.83. The Bertz CT molecular complexity index is 394. The summed E-state index contributed by atoms with van der Waals surface area (Å²) >= 11 is 0. The molecule has 0 aliphatic heterocycles. The Balaban J connectivity index is 3.12. The monoisotopic (exact) mass is 229 g/mol. The number of carbonyl (C=O) groups is 1. The van der Waals surface area contributed by atoms with Gasteiger partial charge in [-0.25, -0.2) is 8.78 Å². The fourth-order valence-electron chi connectivity index (χ4n) is 1.59. The Kier molecular flexibility index (Phi) is 3.95. The quantitative estimate of drug-likeness (QED) is 0.832. The van der Waals surface area contributed by atoms with Crippen molar-refractivity contribution in [1.82, 2.24) is 0 Å². The summed E-state index contributed by atoms with van der Waals surface area (Å²) < 4.78 is 26.6. The van der Waals surface area contributed by atoms with E-state index >= 15 is 0 Å². The summed E-state index contributed by atoms with van der Waals surface area (Å²) in [5, 5.41) is 8.58. The molecule has 0 spiro atoms. The molecule has 0 radical (unpaired) electrons. The van der Waals surface area contributed by atoms with E-state index in [9.17, 15) is 13.6 Å². The van der Waals surface area contributed by atoms with Crippen LogP contribution in [0.5, 0.6) is 0 Å². The number of nitrogens with two attached hydrogens (primary N) is 1. The number of carboxylic acids is 1. The summed E-state index contributed by atoms with van der Waals surface area (Å²) in [6, 6.07) is 3.06. The van der Waals surface area contributed by atoms with Gasteiger partial charge < -0.3 is 10.8 Å². The molecule has 1 aromatic carbocycles. The number of aliphatic carboxylic acids is 1. The number of halogens is 2.